The summed E-state index contributed by atoms with van der Waals surface area (Å²) in [7, 11) is 0. The van der Waals surface area contributed by atoms with E-state index in [1.165, 1.54) is 19.3 Å². The van der Waals surface area contributed by atoms with Crippen molar-refractivity contribution in [2.45, 2.75) is 65.3 Å². The van der Waals surface area contributed by atoms with Crippen LogP contribution in [0.5, 0.6) is 0 Å². The molecule has 1 saturated carbocycles. The largest absolute Gasteiger partial charge is 0.373 e. The Morgan fingerprint density at radius 2 is 2.16 bits per heavy atom. The van der Waals surface area contributed by atoms with Crippen LogP contribution < -0.4 is 0 Å². The molecule has 0 spiro atoms. The van der Waals surface area contributed by atoms with E-state index in [1.54, 1.807) is 0 Å². The number of fused-ring (bicyclic) bond motifs is 1. The van der Waals surface area contributed by atoms with Gasteiger partial charge in [-0.15, -0.1) is 10.2 Å². The van der Waals surface area contributed by atoms with Gasteiger partial charge in [0.15, 0.2) is 5.82 Å². The van der Waals surface area contributed by atoms with Gasteiger partial charge in [-0.2, -0.15) is 5.10 Å². The summed E-state index contributed by atoms with van der Waals surface area (Å²) in [6.07, 6.45) is 4.91. The highest BCUT2D eigenvalue weighted by atomic mass is 16.5. The van der Waals surface area contributed by atoms with Gasteiger partial charge in [-0.05, 0) is 38.7 Å². The molecule has 0 radical (unpaired) electrons. The number of nitrogens with one attached hydrogen (secondary N) is 1. The van der Waals surface area contributed by atoms with E-state index in [0.717, 1.165) is 61.6 Å². The molecule has 4 rings (SSSR count). The first-order chi connectivity index (χ1) is 12.2. The molecule has 25 heavy (non-hydrogen) atoms. The third kappa shape index (κ3) is 3.77. The second-order valence-corrected chi connectivity index (χ2v) is 7.56. The van der Waals surface area contributed by atoms with E-state index in [4.69, 9.17) is 4.74 Å². The maximum absolute atomic E-state index is 5.89. The maximum Gasteiger partial charge on any atom is 0.159 e. The molecule has 7 nitrogen and oxygen atoms in total. The highest BCUT2D eigenvalue weighted by molar-refractivity contribution is 5.07. The minimum atomic E-state index is 0.422. The topological polar surface area (TPSA) is 71.9 Å². The van der Waals surface area contributed by atoms with Crippen LogP contribution in [0.4, 0.5) is 0 Å². The van der Waals surface area contributed by atoms with Gasteiger partial charge in [-0.1, -0.05) is 6.42 Å². The second kappa shape index (κ2) is 7.25. The zero-order chi connectivity index (χ0) is 17.2. The van der Waals surface area contributed by atoms with Gasteiger partial charge in [0.25, 0.3) is 0 Å². The lowest BCUT2D eigenvalue weighted by atomic mass is 9.86. The number of hydrogen-bond acceptors (Lipinski definition) is 5. The lowest BCUT2D eigenvalue weighted by molar-refractivity contribution is 0.0542. The number of aromatic amines is 1. The Morgan fingerprint density at radius 3 is 2.88 bits per heavy atom. The molecular weight excluding hydrogens is 316 g/mol. The number of aromatic nitrogens is 5. The molecule has 1 atom stereocenters. The van der Waals surface area contributed by atoms with Crippen molar-refractivity contribution in [3.8, 4) is 0 Å². The summed E-state index contributed by atoms with van der Waals surface area (Å²) in [5, 5.41) is 16.2. The molecule has 1 aliphatic carbocycles. The van der Waals surface area contributed by atoms with Gasteiger partial charge in [0, 0.05) is 44.4 Å². The molecule has 1 aliphatic heterocycles. The highest BCUT2D eigenvalue weighted by Crippen LogP contribution is 2.26. The Balaban J connectivity index is 1.37. The average Bonchev–Trinajstić information content (AvgIpc) is 3.08. The maximum atomic E-state index is 5.89. The summed E-state index contributed by atoms with van der Waals surface area (Å²) >= 11 is 0. The molecule has 136 valence electrons. The molecule has 0 aromatic carbocycles. The summed E-state index contributed by atoms with van der Waals surface area (Å²) in [5.74, 6) is 2.81. The first-order valence-corrected chi connectivity index (χ1v) is 9.42. The number of aryl methyl sites for hydroxylation is 1. The van der Waals surface area contributed by atoms with Crippen LogP contribution in [0.3, 0.4) is 0 Å². The lowest BCUT2D eigenvalue weighted by Gasteiger charge is -2.25. The molecule has 1 N–H and O–H groups in total. The van der Waals surface area contributed by atoms with E-state index >= 15 is 0 Å². The van der Waals surface area contributed by atoms with Crippen molar-refractivity contribution in [2.75, 3.05) is 13.2 Å². The summed E-state index contributed by atoms with van der Waals surface area (Å²) in [5.41, 5.74) is 2.21. The molecule has 2 aliphatic rings. The first-order valence-electron chi connectivity index (χ1n) is 9.42. The van der Waals surface area contributed by atoms with Gasteiger partial charge in [0.2, 0.25) is 0 Å². The van der Waals surface area contributed by atoms with Gasteiger partial charge in [0.1, 0.15) is 12.4 Å². The SMILES string of the molecule is Cc1cc(CN2CCn3c(COCC4CCC4)nnc3C[C@H]2C)n[nH]1. The Kier molecular flexibility index (Phi) is 4.85. The summed E-state index contributed by atoms with van der Waals surface area (Å²) in [6.45, 7) is 8.51. The van der Waals surface area contributed by atoms with E-state index in [-0.39, 0.29) is 0 Å². The van der Waals surface area contributed by atoms with Crippen LogP contribution in [-0.4, -0.2) is 49.1 Å². The third-order valence-corrected chi connectivity index (χ3v) is 5.55. The summed E-state index contributed by atoms with van der Waals surface area (Å²) in [6, 6.07) is 2.54. The Morgan fingerprint density at radius 1 is 1.28 bits per heavy atom. The van der Waals surface area contributed by atoms with E-state index in [2.05, 4.69) is 42.9 Å². The molecule has 0 bridgehead atoms. The standard InChI is InChI=1S/C18H28N6O/c1-13-8-16(20-19-13)10-23-6-7-24-17(9-14(23)2)21-22-18(24)12-25-11-15-4-3-5-15/h8,14-15H,3-7,9-12H2,1-2H3,(H,19,20)/t14-/m1/s1. The predicted octanol–water partition coefficient (Wildman–Crippen LogP) is 2.07. The smallest absolute Gasteiger partial charge is 0.159 e. The quantitative estimate of drug-likeness (QED) is 0.868. The van der Waals surface area contributed by atoms with Crippen molar-refractivity contribution in [1.82, 2.24) is 29.9 Å². The molecular formula is C18H28N6O. The highest BCUT2D eigenvalue weighted by Gasteiger charge is 2.25. The number of ether oxygens (including phenoxy) is 1. The summed E-state index contributed by atoms with van der Waals surface area (Å²) in [4.78, 5) is 2.48. The molecule has 2 aromatic heterocycles. The van der Waals surface area contributed by atoms with Crippen molar-refractivity contribution in [2.24, 2.45) is 5.92 Å². The number of rotatable bonds is 6. The van der Waals surface area contributed by atoms with Crippen LogP contribution >= 0.6 is 0 Å². The minimum Gasteiger partial charge on any atom is -0.373 e. The number of hydrogen-bond donors (Lipinski definition) is 1. The van der Waals surface area contributed by atoms with E-state index in [0.29, 0.717) is 12.6 Å². The predicted molar refractivity (Wildman–Crippen MR) is 93.9 cm³/mol. The molecule has 0 unspecified atom stereocenters. The van der Waals surface area contributed by atoms with E-state index < -0.39 is 0 Å². The first kappa shape index (κ1) is 16.7. The minimum absolute atomic E-state index is 0.422. The molecule has 1 fully saturated rings. The fourth-order valence-corrected chi connectivity index (χ4v) is 3.71. The summed E-state index contributed by atoms with van der Waals surface area (Å²) < 4.78 is 8.15. The molecule has 0 saturated heterocycles. The normalized spacial score (nSPS) is 21.8. The van der Waals surface area contributed by atoms with Crippen LogP contribution in [0.1, 0.15) is 49.2 Å². The second-order valence-electron chi connectivity index (χ2n) is 7.56. The third-order valence-electron chi connectivity index (χ3n) is 5.55. The van der Waals surface area contributed by atoms with E-state index in [1.807, 2.05) is 6.92 Å². The van der Waals surface area contributed by atoms with Crippen molar-refractivity contribution in [3.05, 3.63) is 29.1 Å². The average molecular weight is 344 g/mol. The number of H-pyrrole nitrogens is 1. The van der Waals surface area contributed by atoms with Crippen molar-refractivity contribution >= 4 is 0 Å². The molecule has 0 amide bonds. The fourth-order valence-electron chi connectivity index (χ4n) is 3.71. The zero-order valence-electron chi connectivity index (χ0n) is 15.2. The Bertz CT molecular complexity index is 704. The van der Waals surface area contributed by atoms with Gasteiger partial charge in [-0.25, -0.2) is 0 Å². The van der Waals surface area contributed by atoms with Gasteiger partial charge >= 0.3 is 0 Å². The fraction of sp³-hybridized carbons (Fsp3) is 0.722. The Labute approximate surface area is 148 Å². The Hall–Kier alpha value is -1.73. The van der Waals surface area contributed by atoms with E-state index in [9.17, 15) is 0 Å². The lowest BCUT2D eigenvalue weighted by Crippen LogP contribution is -2.34. The number of nitrogens with zero attached hydrogens (tertiary/aromatic N) is 5. The van der Waals surface area contributed by atoms with Gasteiger partial charge in [0.05, 0.1) is 5.69 Å². The van der Waals surface area contributed by atoms with Crippen molar-refractivity contribution < 1.29 is 4.74 Å². The van der Waals surface area contributed by atoms with Crippen molar-refractivity contribution in [1.29, 1.82) is 0 Å². The van der Waals surface area contributed by atoms with Crippen LogP contribution in [-0.2, 0) is 30.9 Å². The van der Waals surface area contributed by atoms with Crippen LogP contribution in [0, 0.1) is 12.8 Å². The van der Waals surface area contributed by atoms with Crippen LogP contribution in [0.2, 0.25) is 0 Å². The molecule has 2 aromatic rings. The molecule has 7 heteroatoms. The van der Waals surface area contributed by atoms with Crippen LogP contribution in [0.15, 0.2) is 6.07 Å². The monoisotopic (exact) mass is 344 g/mol. The zero-order valence-corrected chi connectivity index (χ0v) is 15.2. The van der Waals surface area contributed by atoms with Crippen molar-refractivity contribution in [3.63, 3.8) is 0 Å². The van der Waals surface area contributed by atoms with Gasteiger partial charge in [-0.3, -0.25) is 10.00 Å². The molecule has 3 heterocycles. The van der Waals surface area contributed by atoms with Crippen LogP contribution in [0.25, 0.3) is 0 Å². The van der Waals surface area contributed by atoms with Gasteiger partial charge < -0.3 is 9.30 Å².